The Morgan fingerprint density at radius 2 is 1.96 bits per heavy atom. The molecule has 2 aromatic rings. The number of anilines is 1. The summed E-state index contributed by atoms with van der Waals surface area (Å²) in [4.78, 5) is 10.2. The van der Waals surface area contributed by atoms with Crippen molar-refractivity contribution in [3.8, 4) is 0 Å². The predicted molar refractivity (Wildman–Crippen MR) is 81.6 cm³/mol. The Hall–Kier alpha value is -2.56. The van der Waals surface area contributed by atoms with Gasteiger partial charge >= 0.3 is 12.1 Å². The van der Waals surface area contributed by atoms with Crippen LogP contribution in [0.2, 0.25) is 0 Å². The monoisotopic (exact) mass is 377 g/mol. The lowest BCUT2D eigenvalue weighted by atomic mass is 10.2. The number of halogens is 3. The van der Waals surface area contributed by atoms with E-state index in [0.717, 1.165) is 22.9 Å². The molecular weight excluding hydrogens is 363 g/mol. The van der Waals surface area contributed by atoms with E-state index in [1.807, 2.05) is 0 Å². The number of aromatic nitrogens is 2. The average Bonchev–Trinajstić information content (AvgIpc) is 2.73. The number of carboxylic acid groups (broad SMARTS) is 1. The maximum Gasteiger partial charge on any atom is 0.416 e. The Bertz CT molecular complexity index is 920. The molecule has 2 rings (SSSR count). The zero-order chi connectivity index (χ0) is 19.0. The van der Waals surface area contributed by atoms with E-state index in [1.54, 1.807) is 0 Å². The summed E-state index contributed by atoms with van der Waals surface area (Å²) in [6.07, 6.45) is -4.68. The highest BCUT2D eigenvalue weighted by Crippen LogP contribution is 2.31. The molecule has 0 unspecified atom stereocenters. The summed E-state index contributed by atoms with van der Waals surface area (Å²) in [6.45, 7) is 2.43. The van der Waals surface area contributed by atoms with Crippen LogP contribution in [0.5, 0.6) is 0 Å². The van der Waals surface area contributed by atoms with Crippen LogP contribution in [0.25, 0.3) is 0 Å². The lowest BCUT2D eigenvalue weighted by molar-refractivity contribution is -0.138. The van der Waals surface area contributed by atoms with Gasteiger partial charge < -0.3 is 5.11 Å². The average molecular weight is 377 g/mol. The molecule has 0 saturated heterocycles. The first-order chi connectivity index (χ1) is 11.4. The van der Waals surface area contributed by atoms with Gasteiger partial charge in [-0.1, -0.05) is 6.07 Å². The molecule has 0 aliphatic heterocycles. The summed E-state index contributed by atoms with van der Waals surface area (Å²) < 4.78 is 66.3. The van der Waals surface area contributed by atoms with E-state index in [2.05, 4.69) is 9.82 Å². The van der Waals surface area contributed by atoms with Gasteiger partial charge in [0.15, 0.2) is 0 Å². The van der Waals surface area contributed by atoms with E-state index in [1.165, 1.54) is 13.8 Å². The van der Waals surface area contributed by atoms with Gasteiger partial charge in [-0.15, -0.1) is 0 Å². The second kappa shape index (κ2) is 6.39. The Morgan fingerprint density at radius 3 is 2.52 bits per heavy atom. The van der Waals surface area contributed by atoms with Crippen molar-refractivity contribution in [2.75, 3.05) is 4.72 Å². The second-order valence-electron chi connectivity index (χ2n) is 5.23. The summed E-state index contributed by atoms with van der Waals surface area (Å²) in [5.74, 6) is -1.17. The van der Waals surface area contributed by atoms with Gasteiger partial charge in [0.05, 0.1) is 27.5 Å². The lowest BCUT2D eigenvalue weighted by Crippen LogP contribution is -2.16. The minimum Gasteiger partial charge on any atom is -0.480 e. The number of nitrogens with zero attached hydrogens (tertiary/aromatic N) is 2. The van der Waals surface area contributed by atoms with Crippen LogP contribution in [0.15, 0.2) is 29.2 Å². The topological polar surface area (TPSA) is 101 Å². The Morgan fingerprint density at radius 1 is 1.32 bits per heavy atom. The third-order valence-electron chi connectivity index (χ3n) is 3.37. The van der Waals surface area contributed by atoms with Crippen molar-refractivity contribution in [2.24, 2.45) is 0 Å². The number of alkyl halides is 3. The number of aliphatic carboxylic acids is 1. The van der Waals surface area contributed by atoms with Crippen molar-refractivity contribution in [3.05, 3.63) is 41.2 Å². The minimum atomic E-state index is -4.68. The third-order valence-corrected chi connectivity index (χ3v) is 4.72. The molecule has 0 aliphatic rings. The molecule has 1 aromatic heterocycles. The van der Waals surface area contributed by atoms with Crippen LogP contribution in [0.3, 0.4) is 0 Å². The van der Waals surface area contributed by atoms with Crippen LogP contribution in [0.1, 0.15) is 17.0 Å². The van der Waals surface area contributed by atoms with Crippen LogP contribution >= 0.6 is 0 Å². The largest absolute Gasteiger partial charge is 0.480 e. The third kappa shape index (κ3) is 4.10. The first-order valence-electron chi connectivity index (χ1n) is 6.87. The molecule has 0 fully saturated rings. The molecule has 7 nitrogen and oxygen atoms in total. The van der Waals surface area contributed by atoms with Crippen LogP contribution in [0.4, 0.5) is 18.9 Å². The Balaban J connectivity index is 2.40. The molecule has 2 N–H and O–H groups in total. The lowest BCUT2D eigenvalue weighted by Gasteiger charge is -2.11. The van der Waals surface area contributed by atoms with Crippen LogP contribution < -0.4 is 4.72 Å². The van der Waals surface area contributed by atoms with Crippen molar-refractivity contribution < 1.29 is 31.5 Å². The fourth-order valence-electron chi connectivity index (χ4n) is 2.16. The molecule has 136 valence electrons. The first kappa shape index (κ1) is 18.8. The van der Waals surface area contributed by atoms with Crippen LogP contribution in [-0.2, 0) is 27.5 Å². The molecule has 1 heterocycles. The van der Waals surface area contributed by atoms with Crippen LogP contribution in [-0.4, -0.2) is 29.3 Å². The zero-order valence-electron chi connectivity index (χ0n) is 13.1. The highest BCUT2D eigenvalue weighted by Gasteiger charge is 2.32. The van der Waals surface area contributed by atoms with Crippen molar-refractivity contribution in [1.82, 2.24) is 9.78 Å². The summed E-state index contributed by atoms with van der Waals surface area (Å²) >= 11 is 0. The van der Waals surface area contributed by atoms with E-state index >= 15 is 0 Å². The number of carboxylic acids is 1. The molecule has 0 bridgehead atoms. The zero-order valence-corrected chi connectivity index (χ0v) is 13.9. The smallest absolute Gasteiger partial charge is 0.416 e. The molecule has 25 heavy (non-hydrogen) atoms. The van der Waals surface area contributed by atoms with Crippen molar-refractivity contribution >= 4 is 21.7 Å². The molecule has 0 amide bonds. The quantitative estimate of drug-likeness (QED) is 0.833. The first-order valence-corrected chi connectivity index (χ1v) is 8.36. The van der Waals surface area contributed by atoms with Gasteiger partial charge in [-0.05, 0) is 32.0 Å². The number of carbonyl (C=O) groups is 1. The van der Waals surface area contributed by atoms with Gasteiger partial charge in [-0.2, -0.15) is 18.3 Å². The van der Waals surface area contributed by atoms with E-state index in [4.69, 9.17) is 5.11 Å². The molecule has 0 radical (unpaired) electrons. The molecule has 0 aliphatic carbocycles. The van der Waals surface area contributed by atoms with E-state index in [0.29, 0.717) is 6.07 Å². The highest BCUT2D eigenvalue weighted by atomic mass is 32.2. The maximum absolute atomic E-state index is 12.8. The number of nitrogens with one attached hydrogen (secondary N) is 1. The fourth-order valence-corrected chi connectivity index (χ4v) is 3.38. The molecular formula is C14H14F3N3O4S. The van der Waals surface area contributed by atoms with Crippen molar-refractivity contribution in [3.63, 3.8) is 0 Å². The number of sulfonamides is 1. The van der Waals surface area contributed by atoms with Crippen molar-refractivity contribution in [1.29, 1.82) is 0 Å². The summed E-state index contributed by atoms with van der Waals surface area (Å²) in [5, 5.41) is 12.7. The summed E-state index contributed by atoms with van der Waals surface area (Å²) in [6, 6.07) is 3.31. The van der Waals surface area contributed by atoms with Gasteiger partial charge in [0, 0.05) is 0 Å². The second-order valence-corrected chi connectivity index (χ2v) is 6.91. The number of hydrogen-bond donors (Lipinski definition) is 2. The van der Waals surface area contributed by atoms with E-state index < -0.39 is 39.2 Å². The van der Waals surface area contributed by atoms with E-state index in [9.17, 15) is 26.4 Å². The Labute approximate surface area is 141 Å². The van der Waals surface area contributed by atoms with Gasteiger partial charge in [0.1, 0.15) is 6.54 Å². The fraction of sp³-hybridized carbons (Fsp3) is 0.286. The molecule has 0 atom stereocenters. The number of rotatable bonds is 5. The predicted octanol–water partition coefficient (Wildman–Crippen LogP) is 2.40. The molecule has 1 aromatic carbocycles. The number of hydrogen-bond acceptors (Lipinski definition) is 4. The standard InChI is InChI=1S/C14H14F3N3O4S/c1-8-13(9(2)20(18-8)7-12(21)22)19-25(23,24)11-5-3-4-10(6-11)14(15,16)17/h3-6,19H,7H2,1-2H3,(H,21,22). The van der Waals surface area contributed by atoms with Gasteiger partial charge in [0.25, 0.3) is 10.0 Å². The number of benzene rings is 1. The SMILES string of the molecule is Cc1nn(CC(=O)O)c(C)c1NS(=O)(=O)c1cccc(C(F)(F)F)c1. The van der Waals surface area contributed by atoms with E-state index in [-0.39, 0.29) is 17.1 Å². The number of aryl methyl sites for hydroxylation is 1. The normalized spacial score (nSPS) is 12.2. The molecule has 11 heteroatoms. The minimum absolute atomic E-state index is 0.0265. The van der Waals surface area contributed by atoms with Gasteiger partial charge in [-0.25, -0.2) is 8.42 Å². The molecule has 0 spiro atoms. The maximum atomic E-state index is 12.8. The summed E-state index contributed by atoms with van der Waals surface area (Å²) in [5.41, 5.74) is -0.631. The Kier molecular flexibility index (Phi) is 4.80. The van der Waals surface area contributed by atoms with Crippen molar-refractivity contribution in [2.45, 2.75) is 31.5 Å². The van der Waals surface area contributed by atoms with Crippen LogP contribution in [0, 0.1) is 13.8 Å². The van der Waals surface area contributed by atoms with Gasteiger partial charge in [0.2, 0.25) is 0 Å². The molecule has 0 saturated carbocycles. The highest BCUT2D eigenvalue weighted by molar-refractivity contribution is 7.92. The van der Waals surface area contributed by atoms with Gasteiger partial charge in [-0.3, -0.25) is 14.2 Å². The summed E-state index contributed by atoms with van der Waals surface area (Å²) in [7, 11) is -4.31.